The Hall–Kier alpha value is -1.81. The Balaban J connectivity index is 1.93. The molecule has 1 N–H and O–H groups in total. The second-order valence-electron chi connectivity index (χ2n) is 6.30. The molecule has 1 aromatic heterocycles. The van der Waals surface area contributed by atoms with Crippen molar-refractivity contribution in [1.82, 2.24) is 15.1 Å². The second-order valence-corrected chi connectivity index (χ2v) is 6.30. The Morgan fingerprint density at radius 1 is 1.27 bits per heavy atom. The number of benzene rings is 1. The summed E-state index contributed by atoms with van der Waals surface area (Å²) in [5.41, 5.74) is 3.56. The van der Waals surface area contributed by atoms with Crippen LogP contribution in [-0.4, -0.2) is 16.4 Å². The van der Waals surface area contributed by atoms with Crippen molar-refractivity contribution in [1.29, 1.82) is 0 Å². The van der Waals surface area contributed by atoms with Gasteiger partial charge in [0.05, 0.1) is 12.3 Å². The third kappa shape index (κ3) is 4.60. The van der Waals surface area contributed by atoms with E-state index >= 15 is 0 Å². The quantitative estimate of drug-likeness (QED) is 0.849. The van der Waals surface area contributed by atoms with Crippen molar-refractivity contribution in [2.75, 3.05) is 6.61 Å². The van der Waals surface area contributed by atoms with Crippen LogP contribution in [0.1, 0.15) is 43.6 Å². The Bertz CT molecular complexity index is 604. The lowest BCUT2D eigenvalue weighted by Gasteiger charge is -2.14. The highest BCUT2D eigenvalue weighted by molar-refractivity contribution is 5.29. The van der Waals surface area contributed by atoms with Gasteiger partial charge in [-0.2, -0.15) is 5.10 Å². The predicted molar refractivity (Wildman–Crippen MR) is 90.0 cm³/mol. The maximum absolute atomic E-state index is 5.78. The monoisotopic (exact) mass is 301 g/mol. The average Bonchev–Trinajstić information content (AvgIpc) is 2.82. The molecule has 4 heteroatoms. The van der Waals surface area contributed by atoms with Crippen LogP contribution in [0.3, 0.4) is 0 Å². The van der Waals surface area contributed by atoms with Gasteiger partial charge in [0.2, 0.25) is 0 Å². The molecule has 22 heavy (non-hydrogen) atoms. The molecule has 0 saturated heterocycles. The van der Waals surface area contributed by atoms with Crippen LogP contribution in [0.15, 0.2) is 30.5 Å². The minimum absolute atomic E-state index is 0.272. The van der Waals surface area contributed by atoms with Gasteiger partial charge in [0.15, 0.2) is 0 Å². The molecule has 0 aliphatic rings. The maximum atomic E-state index is 5.78. The molecule has 0 amide bonds. The summed E-state index contributed by atoms with van der Waals surface area (Å²) in [5.74, 6) is 1.48. The van der Waals surface area contributed by atoms with Crippen LogP contribution in [0.5, 0.6) is 5.75 Å². The molecule has 1 atom stereocenters. The zero-order chi connectivity index (χ0) is 16.1. The fourth-order valence-electron chi connectivity index (χ4n) is 2.43. The molecule has 0 aliphatic heterocycles. The van der Waals surface area contributed by atoms with E-state index in [0.717, 1.165) is 24.6 Å². The van der Waals surface area contributed by atoms with E-state index in [4.69, 9.17) is 4.74 Å². The lowest BCUT2D eigenvalue weighted by Crippen LogP contribution is -2.18. The molecule has 0 fully saturated rings. The van der Waals surface area contributed by atoms with Gasteiger partial charge >= 0.3 is 0 Å². The van der Waals surface area contributed by atoms with Crippen LogP contribution in [-0.2, 0) is 13.6 Å². The van der Waals surface area contributed by atoms with Crippen LogP contribution in [0.2, 0.25) is 0 Å². The molecule has 120 valence electrons. The predicted octanol–water partition coefficient (Wildman–Crippen LogP) is 3.61. The standard InChI is InChI=1S/C18H27N3O/c1-13(2)12-22-17-8-6-7-16(9-17)10-19-14(3)18-11-21(5)20-15(18)4/h6-9,11,13-14,19H,10,12H2,1-5H3. The first-order chi connectivity index (χ1) is 10.5. The SMILES string of the molecule is Cc1nn(C)cc1C(C)NCc1cccc(OCC(C)C)c1. The van der Waals surface area contributed by atoms with Crippen molar-refractivity contribution >= 4 is 0 Å². The number of nitrogens with one attached hydrogen (secondary N) is 1. The number of nitrogens with zero attached hydrogens (tertiary/aromatic N) is 2. The summed E-state index contributed by atoms with van der Waals surface area (Å²) in [5, 5.41) is 7.95. The fraction of sp³-hybridized carbons (Fsp3) is 0.500. The normalized spacial score (nSPS) is 12.6. The van der Waals surface area contributed by atoms with Crippen molar-refractivity contribution in [3.8, 4) is 5.75 Å². The van der Waals surface area contributed by atoms with Crippen LogP contribution in [0, 0.1) is 12.8 Å². The van der Waals surface area contributed by atoms with Gasteiger partial charge in [-0.05, 0) is 37.5 Å². The summed E-state index contributed by atoms with van der Waals surface area (Å²) in [6.07, 6.45) is 2.08. The van der Waals surface area contributed by atoms with Gasteiger partial charge < -0.3 is 10.1 Å². The summed E-state index contributed by atoms with van der Waals surface area (Å²) < 4.78 is 7.65. The summed E-state index contributed by atoms with van der Waals surface area (Å²) in [6, 6.07) is 8.57. The van der Waals surface area contributed by atoms with Gasteiger partial charge in [0.25, 0.3) is 0 Å². The summed E-state index contributed by atoms with van der Waals surface area (Å²) in [6.45, 7) is 10.1. The first kappa shape index (κ1) is 16.6. The zero-order valence-corrected chi connectivity index (χ0v) is 14.3. The topological polar surface area (TPSA) is 39.1 Å². The van der Waals surface area contributed by atoms with E-state index in [0.29, 0.717) is 5.92 Å². The van der Waals surface area contributed by atoms with Crippen LogP contribution < -0.4 is 10.1 Å². The molecule has 1 aromatic carbocycles. The van der Waals surface area contributed by atoms with Crippen molar-refractivity contribution in [2.24, 2.45) is 13.0 Å². The Morgan fingerprint density at radius 3 is 2.68 bits per heavy atom. The lowest BCUT2D eigenvalue weighted by molar-refractivity contribution is 0.271. The number of aromatic nitrogens is 2. The lowest BCUT2D eigenvalue weighted by atomic mass is 10.1. The highest BCUT2D eigenvalue weighted by Gasteiger charge is 2.11. The molecular weight excluding hydrogens is 274 g/mol. The van der Waals surface area contributed by atoms with E-state index in [1.165, 1.54) is 11.1 Å². The third-order valence-corrected chi connectivity index (χ3v) is 3.61. The first-order valence-electron chi connectivity index (χ1n) is 7.91. The Labute approximate surface area is 133 Å². The molecular formula is C18H27N3O. The van der Waals surface area contributed by atoms with Crippen molar-refractivity contribution in [2.45, 2.75) is 40.3 Å². The molecule has 0 spiro atoms. The van der Waals surface area contributed by atoms with E-state index < -0.39 is 0 Å². The largest absolute Gasteiger partial charge is 0.493 e. The van der Waals surface area contributed by atoms with E-state index in [1.54, 1.807) is 0 Å². The van der Waals surface area contributed by atoms with Gasteiger partial charge in [-0.25, -0.2) is 0 Å². The van der Waals surface area contributed by atoms with Crippen molar-refractivity contribution < 1.29 is 4.74 Å². The third-order valence-electron chi connectivity index (χ3n) is 3.61. The highest BCUT2D eigenvalue weighted by atomic mass is 16.5. The number of ether oxygens (including phenoxy) is 1. The molecule has 0 saturated carbocycles. The number of aryl methyl sites for hydroxylation is 2. The highest BCUT2D eigenvalue weighted by Crippen LogP contribution is 2.18. The van der Waals surface area contributed by atoms with Crippen molar-refractivity contribution in [3.05, 3.63) is 47.3 Å². The van der Waals surface area contributed by atoms with Gasteiger partial charge in [-0.3, -0.25) is 4.68 Å². The van der Waals surface area contributed by atoms with Gasteiger partial charge in [-0.15, -0.1) is 0 Å². The van der Waals surface area contributed by atoms with E-state index in [9.17, 15) is 0 Å². The molecule has 1 heterocycles. The van der Waals surface area contributed by atoms with Gasteiger partial charge in [0.1, 0.15) is 5.75 Å². The molecule has 2 rings (SSSR count). The molecule has 4 nitrogen and oxygen atoms in total. The van der Waals surface area contributed by atoms with Gasteiger partial charge in [-0.1, -0.05) is 26.0 Å². The number of rotatable bonds is 7. The van der Waals surface area contributed by atoms with E-state index in [-0.39, 0.29) is 6.04 Å². The maximum Gasteiger partial charge on any atom is 0.119 e. The molecule has 2 aromatic rings. The van der Waals surface area contributed by atoms with Gasteiger partial charge in [0, 0.05) is 31.4 Å². The minimum atomic E-state index is 0.272. The van der Waals surface area contributed by atoms with E-state index in [2.05, 4.69) is 49.5 Å². The zero-order valence-electron chi connectivity index (χ0n) is 14.3. The van der Waals surface area contributed by atoms with E-state index in [1.807, 2.05) is 30.8 Å². The minimum Gasteiger partial charge on any atom is -0.493 e. The molecule has 0 bridgehead atoms. The number of hydrogen-bond acceptors (Lipinski definition) is 3. The number of hydrogen-bond donors (Lipinski definition) is 1. The van der Waals surface area contributed by atoms with Crippen LogP contribution in [0.4, 0.5) is 0 Å². The molecule has 0 radical (unpaired) electrons. The van der Waals surface area contributed by atoms with Crippen LogP contribution in [0.25, 0.3) is 0 Å². The Kier molecular flexibility index (Phi) is 5.61. The second kappa shape index (κ2) is 7.45. The molecule has 1 unspecified atom stereocenters. The van der Waals surface area contributed by atoms with Crippen LogP contribution >= 0.6 is 0 Å². The summed E-state index contributed by atoms with van der Waals surface area (Å²) in [4.78, 5) is 0. The molecule has 0 aliphatic carbocycles. The fourth-order valence-corrected chi connectivity index (χ4v) is 2.43. The summed E-state index contributed by atoms with van der Waals surface area (Å²) >= 11 is 0. The first-order valence-corrected chi connectivity index (χ1v) is 7.91. The Morgan fingerprint density at radius 2 is 2.05 bits per heavy atom. The van der Waals surface area contributed by atoms with Crippen molar-refractivity contribution in [3.63, 3.8) is 0 Å². The smallest absolute Gasteiger partial charge is 0.119 e. The summed E-state index contributed by atoms with van der Waals surface area (Å²) in [7, 11) is 1.96. The average molecular weight is 301 g/mol.